The first-order chi connectivity index (χ1) is 8.70. The molecule has 0 saturated heterocycles. The number of rotatable bonds is 4. The highest BCUT2D eigenvalue weighted by atomic mass is 16.2. The molecule has 0 fully saturated rings. The molecule has 1 heterocycles. The maximum atomic E-state index is 12.0. The molecule has 1 amide bonds. The molecule has 94 valence electrons. The summed E-state index contributed by atoms with van der Waals surface area (Å²) in [6.45, 7) is 3.92. The summed E-state index contributed by atoms with van der Waals surface area (Å²) in [5, 5.41) is 6.97. The molecule has 18 heavy (non-hydrogen) atoms. The minimum Gasteiger partial charge on any atom is -0.324 e. The van der Waals surface area contributed by atoms with E-state index >= 15 is 0 Å². The minimum absolute atomic E-state index is 0.0630. The van der Waals surface area contributed by atoms with Crippen LogP contribution in [0.2, 0.25) is 0 Å². The van der Waals surface area contributed by atoms with E-state index in [4.69, 9.17) is 0 Å². The van der Waals surface area contributed by atoms with Crippen LogP contribution < -0.4 is 5.32 Å². The molecule has 0 radical (unpaired) electrons. The second-order valence-electron chi connectivity index (χ2n) is 4.21. The van der Waals surface area contributed by atoms with Gasteiger partial charge in [-0.25, -0.2) is 0 Å². The number of anilines is 1. The lowest BCUT2D eigenvalue weighted by molar-refractivity contribution is -0.119. The molecule has 4 nitrogen and oxygen atoms in total. The molecule has 1 unspecified atom stereocenters. The third-order valence-corrected chi connectivity index (χ3v) is 2.90. The van der Waals surface area contributed by atoms with E-state index < -0.39 is 0 Å². The quantitative estimate of drug-likeness (QED) is 0.897. The lowest BCUT2D eigenvalue weighted by atomic mass is 10.1. The van der Waals surface area contributed by atoms with E-state index in [1.807, 2.05) is 37.3 Å². The summed E-state index contributed by atoms with van der Waals surface area (Å²) >= 11 is 0. The summed E-state index contributed by atoms with van der Waals surface area (Å²) in [5.41, 5.74) is 2.04. The Morgan fingerprint density at radius 3 is 2.94 bits per heavy atom. The molecule has 1 atom stereocenters. The summed E-state index contributed by atoms with van der Waals surface area (Å²) in [5.74, 6) is -0.0630. The molecule has 0 aliphatic heterocycles. The lowest BCUT2D eigenvalue weighted by Gasteiger charge is -2.13. The highest BCUT2D eigenvalue weighted by Gasteiger charge is 2.14. The largest absolute Gasteiger partial charge is 0.324 e. The Labute approximate surface area is 107 Å². The Balaban J connectivity index is 2.06. The van der Waals surface area contributed by atoms with Gasteiger partial charge in [0, 0.05) is 18.1 Å². The molecule has 2 rings (SSSR count). The van der Waals surface area contributed by atoms with Crippen LogP contribution in [0.4, 0.5) is 5.69 Å². The predicted octanol–water partition coefficient (Wildman–Crippen LogP) is 2.65. The minimum atomic E-state index is -0.315. The maximum absolute atomic E-state index is 12.0. The van der Waals surface area contributed by atoms with Crippen LogP contribution in [0.25, 0.3) is 0 Å². The molecule has 0 saturated carbocycles. The van der Waals surface area contributed by atoms with E-state index in [0.717, 1.165) is 12.1 Å². The number of aryl methyl sites for hydroxylation is 1. The van der Waals surface area contributed by atoms with Gasteiger partial charge in [-0.15, -0.1) is 0 Å². The number of aromatic nitrogens is 2. The summed E-state index contributed by atoms with van der Waals surface area (Å²) in [4.78, 5) is 12.0. The van der Waals surface area contributed by atoms with Crippen molar-refractivity contribution in [3.8, 4) is 0 Å². The van der Waals surface area contributed by atoms with Gasteiger partial charge in [-0.2, -0.15) is 5.10 Å². The van der Waals surface area contributed by atoms with Crippen molar-refractivity contribution in [2.75, 3.05) is 5.32 Å². The van der Waals surface area contributed by atoms with Gasteiger partial charge in [0.15, 0.2) is 0 Å². The normalized spacial score (nSPS) is 12.1. The van der Waals surface area contributed by atoms with Crippen LogP contribution in [0.3, 0.4) is 0 Å². The van der Waals surface area contributed by atoms with Crippen LogP contribution in [0, 0.1) is 0 Å². The fourth-order valence-electron chi connectivity index (χ4n) is 1.75. The van der Waals surface area contributed by atoms with Crippen LogP contribution in [0.1, 0.15) is 25.5 Å². The van der Waals surface area contributed by atoms with Crippen LogP contribution in [-0.2, 0) is 11.2 Å². The average molecular weight is 243 g/mol. The molecular formula is C14H17N3O. The number of nitrogens with zero attached hydrogens (tertiary/aromatic N) is 2. The van der Waals surface area contributed by atoms with Gasteiger partial charge in [-0.1, -0.05) is 19.1 Å². The molecule has 0 aliphatic carbocycles. The molecule has 0 bridgehead atoms. The Morgan fingerprint density at radius 2 is 2.28 bits per heavy atom. The Bertz CT molecular complexity index is 520. The van der Waals surface area contributed by atoms with E-state index in [9.17, 15) is 4.79 Å². The van der Waals surface area contributed by atoms with Crippen molar-refractivity contribution in [3.63, 3.8) is 0 Å². The van der Waals surface area contributed by atoms with Gasteiger partial charge < -0.3 is 5.32 Å². The van der Waals surface area contributed by atoms with Crippen molar-refractivity contribution in [3.05, 3.63) is 48.3 Å². The zero-order chi connectivity index (χ0) is 13.0. The predicted molar refractivity (Wildman–Crippen MR) is 71.4 cm³/mol. The average Bonchev–Trinajstić information content (AvgIpc) is 2.92. The fraction of sp³-hybridized carbons (Fsp3) is 0.286. The van der Waals surface area contributed by atoms with Gasteiger partial charge in [0.25, 0.3) is 0 Å². The van der Waals surface area contributed by atoms with Gasteiger partial charge in [-0.3, -0.25) is 9.48 Å². The van der Waals surface area contributed by atoms with Crippen LogP contribution >= 0.6 is 0 Å². The molecule has 0 spiro atoms. The Kier molecular flexibility index (Phi) is 3.77. The van der Waals surface area contributed by atoms with Crippen LogP contribution in [-0.4, -0.2) is 15.7 Å². The second kappa shape index (κ2) is 5.49. The number of benzene rings is 1. The molecule has 4 heteroatoms. The van der Waals surface area contributed by atoms with Crippen molar-refractivity contribution in [1.82, 2.24) is 9.78 Å². The summed E-state index contributed by atoms with van der Waals surface area (Å²) < 4.78 is 1.64. The van der Waals surface area contributed by atoms with E-state index in [2.05, 4.69) is 17.3 Å². The molecule has 0 aliphatic rings. The molecule has 1 aromatic heterocycles. The molecule has 2 aromatic rings. The number of carbonyl (C=O) groups is 1. The SMILES string of the molecule is CCc1cccc(NC(=O)C(C)n2cccn2)c1. The topological polar surface area (TPSA) is 46.9 Å². The highest BCUT2D eigenvalue weighted by Crippen LogP contribution is 2.13. The number of nitrogens with one attached hydrogen (secondary N) is 1. The van der Waals surface area contributed by atoms with E-state index in [1.165, 1.54) is 5.56 Å². The van der Waals surface area contributed by atoms with Gasteiger partial charge in [-0.05, 0) is 37.1 Å². The van der Waals surface area contributed by atoms with Crippen LogP contribution in [0.15, 0.2) is 42.7 Å². The van der Waals surface area contributed by atoms with Crippen LogP contribution in [0.5, 0.6) is 0 Å². The first-order valence-electron chi connectivity index (χ1n) is 6.09. The van der Waals surface area contributed by atoms with Crippen molar-refractivity contribution >= 4 is 11.6 Å². The van der Waals surface area contributed by atoms with Gasteiger partial charge >= 0.3 is 0 Å². The smallest absolute Gasteiger partial charge is 0.248 e. The van der Waals surface area contributed by atoms with E-state index in [0.29, 0.717) is 0 Å². The third-order valence-electron chi connectivity index (χ3n) is 2.90. The number of hydrogen-bond donors (Lipinski definition) is 1. The second-order valence-corrected chi connectivity index (χ2v) is 4.21. The highest BCUT2D eigenvalue weighted by molar-refractivity contribution is 5.93. The van der Waals surface area contributed by atoms with Gasteiger partial charge in [0.2, 0.25) is 5.91 Å². The third kappa shape index (κ3) is 2.77. The van der Waals surface area contributed by atoms with E-state index in [1.54, 1.807) is 17.1 Å². The molecular weight excluding hydrogens is 226 g/mol. The molecule has 1 aromatic carbocycles. The maximum Gasteiger partial charge on any atom is 0.248 e. The standard InChI is InChI=1S/C14H17N3O/c1-3-12-6-4-7-13(10-12)16-14(18)11(2)17-9-5-8-15-17/h4-11H,3H2,1-2H3,(H,16,18). The van der Waals surface area contributed by atoms with E-state index in [-0.39, 0.29) is 11.9 Å². The number of amides is 1. The summed E-state index contributed by atoms with van der Waals surface area (Å²) in [7, 11) is 0. The Morgan fingerprint density at radius 1 is 1.44 bits per heavy atom. The number of hydrogen-bond acceptors (Lipinski definition) is 2. The Hall–Kier alpha value is -2.10. The number of carbonyl (C=O) groups excluding carboxylic acids is 1. The first-order valence-corrected chi connectivity index (χ1v) is 6.09. The van der Waals surface area contributed by atoms with Crippen molar-refractivity contribution in [2.45, 2.75) is 26.3 Å². The summed E-state index contributed by atoms with van der Waals surface area (Å²) in [6.07, 6.45) is 4.41. The zero-order valence-corrected chi connectivity index (χ0v) is 10.6. The summed E-state index contributed by atoms with van der Waals surface area (Å²) in [6, 6.07) is 9.38. The zero-order valence-electron chi connectivity index (χ0n) is 10.6. The molecule has 1 N–H and O–H groups in total. The monoisotopic (exact) mass is 243 g/mol. The lowest BCUT2D eigenvalue weighted by Crippen LogP contribution is -2.24. The first kappa shape index (κ1) is 12.4. The van der Waals surface area contributed by atoms with Crippen molar-refractivity contribution in [2.24, 2.45) is 0 Å². The van der Waals surface area contributed by atoms with Crippen molar-refractivity contribution < 1.29 is 4.79 Å². The van der Waals surface area contributed by atoms with Gasteiger partial charge in [0.1, 0.15) is 6.04 Å². The van der Waals surface area contributed by atoms with Crippen molar-refractivity contribution in [1.29, 1.82) is 0 Å². The van der Waals surface area contributed by atoms with Gasteiger partial charge in [0.05, 0.1) is 0 Å². The fourth-order valence-corrected chi connectivity index (χ4v) is 1.75.